The number of rotatable bonds is 5. The van der Waals surface area contributed by atoms with Crippen molar-refractivity contribution in [2.75, 3.05) is 0 Å². The van der Waals surface area contributed by atoms with Gasteiger partial charge in [-0.1, -0.05) is 20.3 Å². The molecule has 0 aliphatic heterocycles. The highest BCUT2D eigenvalue weighted by Gasteiger charge is 2.08. The lowest BCUT2D eigenvalue weighted by atomic mass is 9.99. The van der Waals surface area contributed by atoms with Crippen molar-refractivity contribution in [3.8, 4) is 0 Å². The minimum absolute atomic E-state index is 0.302. The average Bonchev–Trinajstić information content (AvgIpc) is 2.56. The standard InChI is InChI=1S/C11H16O2/c1-3-9(2)6-11(12)7-10-4-5-13-8-10/h4-5,8-9H,3,6-7H2,1-2H3. The summed E-state index contributed by atoms with van der Waals surface area (Å²) < 4.78 is 4.89. The molecule has 0 aromatic carbocycles. The largest absolute Gasteiger partial charge is 0.472 e. The number of Topliss-reactive ketones (excluding diaryl/α,β-unsaturated/α-hetero) is 1. The van der Waals surface area contributed by atoms with Crippen LogP contribution in [0.2, 0.25) is 0 Å². The molecule has 0 N–H and O–H groups in total. The third-order valence-electron chi connectivity index (χ3n) is 2.25. The second kappa shape index (κ2) is 4.85. The summed E-state index contributed by atoms with van der Waals surface area (Å²) in [6.45, 7) is 4.21. The minimum Gasteiger partial charge on any atom is -0.472 e. The van der Waals surface area contributed by atoms with E-state index in [1.807, 2.05) is 6.07 Å². The molecular weight excluding hydrogens is 164 g/mol. The molecule has 2 nitrogen and oxygen atoms in total. The second-order valence-corrected chi connectivity index (χ2v) is 3.56. The molecule has 13 heavy (non-hydrogen) atoms. The molecule has 0 spiro atoms. The summed E-state index contributed by atoms with van der Waals surface area (Å²) in [6, 6.07) is 1.84. The monoisotopic (exact) mass is 180 g/mol. The van der Waals surface area contributed by atoms with Gasteiger partial charge in [0.2, 0.25) is 0 Å². The topological polar surface area (TPSA) is 30.2 Å². The normalized spacial score (nSPS) is 12.8. The number of carbonyl (C=O) groups is 1. The van der Waals surface area contributed by atoms with E-state index in [1.54, 1.807) is 12.5 Å². The molecule has 0 radical (unpaired) electrons. The van der Waals surface area contributed by atoms with Gasteiger partial charge >= 0.3 is 0 Å². The molecule has 1 unspecified atom stereocenters. The van der Waals surface area contributed by atoms with Gasteiger partial charge in [0.25, 0.3) is 0 Å². The average molecular weight is 180 g/mol. The van der Waals surface area contributed by atoms with Gasteiger partial charge in [0, 0.05) is 12.8 Å². The number of ketones is 1. The molecule has 0 aliphatic rings. The molecule has 0 aliphatic carbocycles. The van der Waals surface area contributed by atoms with Crippen LogP contribution in [0.1, 0.15) is 32.3 Å². The van der Waals surface area contributed by atoms with Crippen molar-refractivity contribution in [3.05, 3.63) is 24.2 Å². The first-order valence-electron chi connectivity index (χ1n) is 4.75. The van der Waals surface area contributed by atoms with Crippen molar-refractivity contribution in [2.24, 2.45) is 5.92 Å². The predicted octanol–water partition coefficient (Wildman–Crippen LogP) is 2.83. The summed E-state index contributed by atoms with van der Waals surface area (Å²) in [5, 5.41) is 0. The summed E-state index contributed by atoms with van der Waals surface area (Å²) in [6.07, 6.45) is 5.50. The number of furan rings is 1. The zero-order chi connectivity index (χ0) is 9.68. The van der Waals surface area contributed by atoms with E-state index in [9.17, 15) is 4.79 Å². The highest BCUT2D eigenvalue weighted by molar-refractivity contribution is 5.80. The Morgan fingerprint density at radius 1 is 1.62 bits per heavy atom. The summed E-state index contributed by atoms with van der Waals surface area (Å²) in [4.78, 5) is 11.4. The van der Waals surface area contributed by atoms with E-state index >= 15 is 0 Å². The molecule has 1 aromatic rings. The highest BCUT2D eigenvalue weighted by atomic mass is 16.3. The van der Waals surface area contributed by atoms with E-state index in [0.717, 1.165) is 12.0 Å². The number of carbonyl (C=O) groups excluding carboxylic acids is 1. The first kappa shape index (κ1) is 10.0. The van der Waals surface area contributed by atoms with Crippen molar-refractivity contribution >= 4 is 5.78 Å². The quantitative estimate of drug-likeness (QED) is 0.697. The van der Waals surface area contributed by atoms with Crippen LogP contribution in [0.15, 0.2) is 23.0 Å². The molecule has 72 valence electrons. The fourth-order valence-corrected chi connectivity index (χ4v) is 1.23. The first-order valence-corrected chi connectivity index (χ1v) is 4.75. The Balaban J connectivity index is 2.34. The van der Waals surface area contributed by atoms with E-state index in [1.165, 1.54) is 0 Å². The Hall–Kier alpha value is -1.05. The molecule has 0 saturated carbocycles. The Morgan fingerprint density at radius 3 is 2.92 bits per heavy atom. The van der Waals surface area contributed by atoms with Crippen LogP contribution in [-0.2, 0) is 11.2 Å². The summed E-state index contributed by atoms with van der Waals surface area (Å²) >= 11 is 0. The third-order valence-corrected chi connectivity index (χ3v) is 2.25. The molecule has 1 aromatic heterocycles. The summed E-state index contributed by atoms with van der Waals surface area (Å²) in [5.41, 5.74) is 0.980. The van der Waals surface area contributed by atoms with Gasteiger partial charge in [0.15, 0.2) is 0 Å². The molecule has 1 atom stereocenters. The molecule has 0 amide bonds. The molecule has 2 heteroatoms. The molecule has 1 rings (SSSR count). The lowest BCUT2D eigenvalue weighted by Gasteiger charge is -2.05. The fourth-order valence-electron chi connectivity index (χ4n) is 1.23. The van der Waals surface area contributed by atoms with Crippen LogP contribution >= 0.6 is 0 Å². The van der Waals surface area contributed by atoms with Gasteiger partial charge in [0.1, 0.15) is 5.78 Å². The van der Waals surface area contributed by atoms with E-state index < -0.39 is 0 Å². The van der Waals surface area contributed by atoms with Gasteiger partial charge in [0.05, 0.1) is 12.5 Å². The Kier molecular flexibility index (Phi) is 3.74. The van der Waals surface area contributed by atoms with Crippen LogP contribution in [0.25, 0.3) is 0 Å². The zero-order valence-electron chi connectivity index (χ0n) is 8.25. The fraction of sp³-hybridized carbons (Fsp3) is 0.545. The molecule has 0 saturated heterocycles. The molecule has 0 fully saturated rings. The van der Waals surface area contributed by atoms with Gasteiger partial charge in [-0.15, -0.1) is 0 Å². The van der Waals surface area contributed by atoms with E-state index in [2.05, 4.69) is 13.8 Å². The third kappa shape index (κ3) is 3.45. The van der Waals surface area contributed by atoms with E-state index in [-0.39, 0.29) is 0 Å². The van der Waals surface area contributed by atoms with Crippen LogP contribution < -0.4 is 0 Å². The summed E-state index contributed by atoms with van der Waals surface area (Å²) in [5.74, 6) is 0.801. The van der Waals surface area contributed by atoms with Crippen LogP contribution in [0, 0.1) is 5.92 Å². The lowest BCUT2D eigenvalue weighted by molar-refractivity contribution is -0.119. The van der Waals surface area contributed by atoms with Gasteiger partial charge < -0.3 is 4.42 Å². The molecular formula is C11H16O2. The minimum atomic E-state index is 0.302. The first-order chi connectivity index (χ1) is 6.22. The van der Waals surface area contributed by atoms with Crippen LogP contribution in [0.5, 0.6) is 0 Å². The summed E-state index contributed by atoms with van der Waals surface area (Å²) in [7, 11) is 0. The van der Waals surface area contributed by atoms with E-state index in [0.29, 0.717) is 24.5 Å². The number of hydrogen-bond donors (Lipinski definition) is 0. The van der Waals surface area contributed by atoms with Gasteiger partial charge in [-0.3, -0.25) is 4.79 Å². The van der Waals surface area contributed by atoms with Crippen LogP contribution in [0.3, 0.4) is 0 Å². The maximum Gasteiger partial charge on any atom is 0.137 e. The van der Waals surface area contributed by atoms with Crippen molar-refractivity contribution in [1.82, 2.24) is 0 Å². The SMILES string of the molecule is CCC(C)CC(=O)Cc1ccoc1. The Morgan fingerprint density at radius 2 is 2.38 bits per heavy atom. The zero-order valence-corrected chi connectivity index (χ0v) is 8.25. The number of hydrogen-bond acceptors (Lipinski definition) is 2. The Bertz CT molecular complexity index is 249. The maximum absolute atomic E-state index is 11.4. The van der Waals surface area contributed by atoms with Crippen molar-refractivity contribution in [1.29, 1.82) is 0 Å². The lowest BCUT2D eigenvalue weighted by Crippen LogP contribution is -2.07. The van der Waals surface area contributed by atoms with Gasteiger partial charge in [-0.2, -0.15) is 0 Å². The van der Waals surface area contributed by atoms with Gasteiger partial charge in [-0.25, -0.2) is 0 Å². The predicted molar refractivity (Wildman–Crippen MR) is 51.5 cm³/mol. The second-order valence-electron chi connectivity index (χ2n) is 3.56. The van der Waals surface area contributed by atoms with Crippen molar-refractivity contribution in [2.45, 2.75) is 33.1 Å². The smallest absolute Gasteiger partial charge is 0.137 e. The molecule has 1 heterocycles. The van der Waals surface area contributed by atoms with Crippen LogP contribution in [-0.4, -0.2) is 5.78 Å². The van der Waals surface area contributed by atoms with Crippen molar-refractivity contribution < 1.29 is 9.21 Å². The maximum atomic E-state index is 11.4. The van der Waals surface area contributed by atoms with Gasteiger partial charge in [-0.05, 0) is 17.5 Å². The molecule has 0 bridgehead atoms. The van der Waals surface area contributed by atoms with Crippen molar-refractivity contribution in [3.63, 3.8) is 0 Å². The van der Waals surface area contributed by atoms with E-state index in [4.69, 9.17) is 4.42 Å². The Labute approximate surface area is 78.9 Å². The highest BCUT2D eigenvalue weighted by Crippen LogP contribution is 2.10. The van der Waals surface area contributed by atoms with Crippen LogP contribution in [0.4, 0.5) is 0 Å².